The number of oxime groups is 1. The van der Waals surface area contributed by atoms with Crippen LogP contribution in [0.15, 0.2) is 17.5 Å². The maximum absolute atomic E-state index is 13.2. The van der Waals surface area contributed by atoms with Crippen molar-refractivity contribution in [1.29, 1.82) is 0 Å². The molecule has 1 aromatic heterocycles. The lowest BCUT2D eigenvalue weighted by Gasteiger charge is -2.01. The lowest BCUT2D eigenvalue weighted by Crippen LogP contribution is -2.14. The predicted octanol–water partition coefficient (Wildman–Crippen LogP) is 0.936. The van der Waals surface area contributed by atoms with Gasteiger partial charge < -0.3 is 15.9 Å². The van der Waals surface area contributed by atoms with Gasteiger partial charge in [0.25, 0.3) is 0 Å². The van der Waals surface area contributed by atoms with E-state index in [-0.39, 0.29) is 22.4 Å². The minimum atomic E-state index is -1.10. The second-order valence-electron chi connectivity index (χ2n) is 2.83. The first-order chi connectivity index (χ1) is 7.15. The Kier molecular flexibility index (Phi) is 2.00. The van der Waals surface area contributed by atoms with E-state index in [4.69, 9.17) is 10.9 Å². The Morgan fingerprint density at radius 2 is 2.27 bits per heavy atom. The van der Waals surface area contributed by atoms with Crippen LogP contribution in [-0.4, -0.2) is 21.0 Å². The van der Waals surface area contributed by atoms with Crippen LogP contribution in [0.1, 0.15) is 5.56 Å². The second-order valence-corrected chi connectivity index (χ2v) is 2.83. The summed E-state index contributed by atoms with van der Waals surface area (Å²) in [6, 6.07) is 0.838. The van der Waals surface area contributed by atoms with Crippen molar-refractivity contribution in [3.05, 3.63) is 29.6 Å². The monoisotopic (exact) mass is 212 g/mol. The van der Waals surface area contributed by atoms with Crippen LogP contribution in [0.2, 0.25) is 0 Å². The van der Waals surface area contributed by atoms with Crippen LogP contribution >= 0.6 is 0 Å². The van der Waals surface area contributed by atoms with E-state index < -0.39 is 11.6 Å². The fourth-order valence-electron chi connectivity index (χ4n) is 1.30. The topological polar surface area (TPSA) is 87.3 Å². The number of imidazole rings is 1. The quantitative estimate of drug-likeness (QED) is 0.284. The molecular formula is C8H6F2N4O. The van der Waals surface area contributed by atoms with E-state index in [9.17, 15) is 8.78 Å². The lowest BCUT2D eigenvalue weighted by molar-refractivity contribution is 0.318. The maximum Gasteiger partial charge on any atom is 0.186 e. The summed E-state index contributed by atoms with van der Waals surface area (Å²) in [4.78, 5) is 6.18. The Balaban J connectivity index is 2.86. The summed E-state index contributed by atoms with van der Waals surface area (Å²) in [5, 5.41) is 11.2. The molecule has 0 aliphatic carbocycles. The summed E-state index contributed by atoms with van der Waals surface area (Å²) < 4.78 is 26.2. The number of hydrogen-bond acceptors (Lipinski definition) is 3. The standard InChI is InChI=1S/C8H6F2N4O/c9-4-1-3(8(11)14-15)6-7(5(4)10)13-2-12-6/h1-2,15H,(H2,11,14)(H,12,13). The number of hydrogen-bond donors (Lipinski definition) is 3. The molecule has 2 aromatic rings. The first-order valence-electron chi connectivity index (χ1n) is 3.94. The largest absolute Gasteiger partial charge is 0.409 e. The molecular weight excluding hydrogens is 206 g/mol. The average Bonchev–Trinajstić information content (AvgIpc) is 2.71. The maximum atomic E-state index is 13.2. The van der Waals surface area contributed by atoms with Gasteiger partial charge in [-0.1, -0.05) is 5.16 Å². The lowest BCUT2D eigenvalue weighted by atomic mass is 10.1. The molecule has 0 atom stereocenters. The smallest absolute Gasteiger partial charge is 0.186 e. The number of H-pyrrole nitrogens is 1. The minimum Gasteiger partial charge on any atom is -0.409 e. The third-order valence-corrected chi connectivity index (χ3v) is 1.98. The van der Waals surface area contributed by atoms with Gasteiger partial charge in [0, 0.05) is 5.56 Å². The number of benzene rings is 1. The van der Waals surface area contributed by atoms with Crippen molar-refractivity contribution >= 4 is 16.9 Å². The Morgan fingerprint density at radius 1 is 1.53 bits per heavy atom. The zero-order chi connectivity index (χ0) is 11.0. The van der Waals surface area contributed by atoms with Gasteiger partial charge in [-0.15, -0.1) is 0 Å². The second kappa shape index (κ2) is 3.19. The number of halogens is 2. The molecule has 78 valence electrons. The van der Waals surface area contributed by atoms with E-state index >= 15 is 0 Å². The number of rotatable bonds is 1. The Labute approximate surface area is 82.2 Å². The van der Waals surface area contributed by atoms with Crippen LogP contribution in [0.5, 0.6) is 0 Å². The highest BCUT2D eigenvalue weighted by atomic mass is 19.2. The van der Waals surface area contributed by atoms with Crippen molar-refractivity contribution in [2.24, 2.45) is 10.9 Å². The van der Waals surface area contributed by atoms with Gasteiger partial charge in [-0.2, -0.15) is 0 Å². The van der Waals surface area contributed by atoms with Crippen molar-refractivity contribution in [2.45, 2.75) is 0 Å². The third-order valence-electron chi connectivity index (χ3n) is 1.98. The molecule has 0 unspecified atom stereocenters. The van der Waals surface area contributed by atoms with Gasteiger partial charge in [-0.25, -0.2) is 13.8 Å². The minimum absolute atomic E-state index is 0.0592. The summed E-state index contributed by atoms with van der Waals surface area (Å²) in [7, 11) is 0. The van der Waals surface area contributed by atoms with Gasteiger partial charge in [0.1, 0.15) is 5.52 Å². The highest BCUT2D eigenvalue weighted by molar-refractivity contribution is 6.06. The summed E-state index contributed by atoms with van der Waals surface area (Å²) in [5.74, 6) is -2.49. The number of fused-ring (bicyclic) bond motifs is 1. The van der Waals surface area contributed by atoms with Gasteiger partial charge in [-0.05, 0) is 6.07 Å². The summed E-state index contributed by atoms with van der Waals surface area (Å²) in [6.07, 6.45) is 1.20. The van der Waals surface area contributed by atoms with E-state index in [2.05, 4.69) is 15.1 Å². The van der Waals surface area contributed by atoms with Crippen LogP contribution in [-0.2, 0) is 0 Å². The van der Waals surface area contributed by atoms with Crippen LogP contribution in [0.3, 0.4) is 0 Å². The molecule has 0 spiro atoms. The number of nitrogens with two attached hydrogens (primary N) is 1. The molecule has 1 heterocycles. The van der Waals surface area contributed by atoms with Crippen LogP contribution in [0.4, 0.5) is 8.78 Å². The highest BCUT2D eigenvalue weighted by Gasteiger charge is 2.16. The fraction of sp³-hybridized carbons (Fsp3) is 0. The molecule has 0 fully saturated rings. The first kappa shape index (κ1) is 9.38. The van der Waals surface area contributed by atoms with E-state index in [1.165, 1.54) is 6.33 Å². The van der Waals surface area contributed by atoms with Crippen molar-refractivity contribution in [1.82, 2.24) is 9.97 Å². The summed E-state index contributed by atoms with van der Waals surface area (Å²) >= 11 is 0. The van der Waals surface area contributed by atoms with Gasteiger partial charge in [-0.3, -0.25) is 0 Å². The van der Waals surface area contributed by atoms with Gasteiger partial charge in [0.05, 0.1) is 11.8 Å². The molecule has 15 heavy (non-hydrogen) atoms. The van der Waals surface area contributed by atoms with Crippen molar-refractivity contribution in [3.63, 3.8) is 0 Å². The average molecular weight is 212 g/mol. The third kappa shape index (κ3) is 1.28. The molecule has 5 nitrogen and oxygen atoms in total. The molecule has 0 saturated carbocycles. The van der Waals surface area contributed by atoms with Crippen LogP contribution < -0.4 is 5.73 Å². The van der Waals surface area contributed by atoms with E-state index in [0.29, 0.717) is 0 Å². The molecule has 2 rings (SSSR count). The van der Waals surface area contributed by atoms with Gasteiger partial charge in [0.2, 0.25) is 0 Å². The van der Waals surface area contributed by atoms with E-state index in [1.54, 1.807) is 0 Å². The van der Waals surface area contributed by atoms with Crippen molar-refractivity contribution in [2.75, 3.05) is 0 Å². The van der Waals surface area contributed by atoms with E-state index in [0.717, 1.165) is 6.07 Å². The van der Waals surface area contributed by atoms with Gasteiger partial charge >= 0.3 is 0 Å². The molecule has 0 radical (unpaired) electrons. The number of nitrogens with one attached hydrogen (secondary N) is 1. The highest BCUT2D eigenvalue weighted by Crippen LogP contribution is 2.21. The van der Waals surface area contributed by atoms with Crippen LogP contribution in [0, 0.1) is 11.6 Å². The molecule has 1 aromatic carbocycles. The Hall–Kier alpha value is -2.18. The van der Waals surface area contributed by atoms with Crippen molar-refractivity contribution < 1.29 is 14.0 Å². The van der Waals surface area contributed by atoms with Crippen LogP contribution in [0.25, 0.3) is 11.0 Å². The molecule has 7 heteroatoms. The summed E-state index contributed by atoms with van der Waals surface area (Å²) in [6.45, 7) is 0. The zero-order valence-corrected chi connectivity index (χ0v) is 7.33. The first-order valence-corrected chi connectivity index (χ1v) is 3.94. The number of nitrogens with zero attached hydrogens (tertiary/aromatic N) is 2. The predicted molar refractivity (Wildman–Crippen MR) is 48.5 cm³/mol. The van der Waals surface area contributed by atoms with Crippen molar-refractivity contribution in [3.8, 4) is 0 Å². The normalized spacial score (nSPS) is 12.3. The zero-order valence-electron chi connectivity index (χ0n) is 7.33. The number of aromatic nitrogens is 2. The Bertz CT molecular complexity index is 549. The summed E-state index contributed by atoms with van der Waals surface area (Å²) in [5.41, 5.74) is 5.36. The fourth-order valence-corrected chi connectivity index (χ4v) is 1.30. The SMILES string of the molecule is N/C(=N\O)c1cc(F)c(F)c2nc[nH]c12. The number of aromatic amines is 1. The molecule has 0 amide bonds. The molecule has 0 aliphatic heterocycles. The molecule has 0 aliphatic rings. The van der Waals surface area contributed by atoms with Gasteiger partial charge in [0.15, 0.2) is 17.5 Å². The molecule has 0 bridgehead atoms. The molecule has 4 N–H and O–H groups in total. The molecule has 0 saturated heterocycles. The number of amidine groups is 1. The van der Waals surface area contributed by atoms with E-state index in [1.807, 2.05) is 0 Å². The Morgan fingerprint density at radius 3 is 2.93 bits per heavy atom.